The molecule has 0 aliphatic carbocycles. The maximum atomic E-state index is 14.1. The number of alkyl halides is 2. The maximum absolute atomic E-state index is 14.1. The van der Waals surface area contributed by atoms with Gasteiger partial charge in [-0.05, 0) is 44.7 Å². The number of anilines is 2. The van der Waals surface area contributed by atoms with Crippen molar-refractivity contribution >= 4 is 28.7 Å². The number of piperidine rings is 1. The highest BCUT2D eigenvalue weighted by Crippen LogP contribution is 2.29. The van der Waals surface area contributed by atoms with Gasteiger partial charge >= 0.3 is 0 Å². The summed E-state index contributed by atoms with van der Waals surface area (Å²) in [5.74, 6) is 0.441. The number of carbonyl (C=O) groups excluding carboxylic acids is 1. The van der Waals surface area contributed by atoms with E-state index in [4.69, 9.17) is 4.74 Å². The minimum atomic E-state index is -2.82. The van der Waals surface area contributed by atoms with E-state index in [0.717, 1.165) is 19.3 Å². The van der Waals surface area contributed by atoms with E-state index in [1.54, 1.807) is 37.3 Å². The van der Waals surface area contributed by atoms with E-state index < -0.39 is 18.3 Å². The van der Waals surface area contributed by atoms with E-state index in [1.165, 1.54) is 4.57 Å². The van der Waals surface area contributed by atoms with Gasteiger partial charge in [-0.1, -0.05) is 12.1 Å². The molecule has 38 heavy (non-hydrogen) atoms. The predicted molar refractivity (Wildman–Crippen MR) is 139 cm³/mol. The standard InChI is InChI=1S/C26H33F2N7O3/c1-17(25(37)34-10-5-4-6-18(34)9-13-36)29-26-31-21(33-11-14-38-15-12-33)16-22(32-26)35-20-8-3-2-7-19(20)30-24(35)23(27)28/h2-3,7-8,16-18,23,36H,4-6,9-15H2,1H3,(H,29,31,32)/t17-,18?/m0/s1. The van der Waals surface area contributed by atoms with Gasteiger partial charge in [-0.3, -0.25) is 9.36 Å². The third-order valence-electron chi connectivity index (χ3n) is 7.13. The molecular formula is C26H33F2N7O3. The van der Waals surface area contributed by atoms with Gasteiger partial charge in [-0.2, -0.15) is 9.97 Å². The molecule has 204 valence electrons. The predicted octanol–water partition coefficient (Wildman–Crippen LogP) is 3.15. The second-order valence-corrected chi connectivity index (χ2v) is 9.66. The van der Waals surface area contributed by atoms with Crippen molar-refractivity contribution in [2.45, 2.75) is 51.1 Å². The monoisotopic (exact) mass is 529 g/mol. The van der Waals surface area contributed by atoms with Crippen LogP contribution in [0.15, 0.2) is 30.3 Å². The summed E-state index contributed by atoms with van der Waals surface area (Å²) in [6.45, 7) is 4.63. The van der Waals surface area contributed by atoms with Crippen molar-refractivity contribution in [3.63, 3.8) is 0 Å². The van der Waals surface area contributed by atoms with Crippen LogP contribution in [0.3, 0.4) is 0 Å². The van der Waals surface area contributed by atoms with E-state index in [-0.39, 0.29) is 30.3 Å². The van der Waals surface area contributed by atoms with Crippen LogP contribution < -0.4 is 10.2 Å². The van der Waals surface area contributed by atoms with Crippen molar-refractivity contribution in [2.24, 2.45) is 0 Å². The first-order valence-corrected chi connectivity index (χ1v) is 13.1. The molecular weight excluding hydrogens is 496 g/mol. The first-order chi connectivity index (χ1) is 18.5. The molecule has 2 aliphatic rings. The highest BCUT2D eigenvalue weighted by atomic mass is 19.3. The lowest BCUT2D eigenvalue weighted by Gasteiger charge is -2.37. The topological polar surface area (TPSA) is 109 Å². The van der Waals surface area contributed by atoms with E-state index in [9.17, 15) is 18.7 Å². The van der Waals surface area contributed by atoms with E-state index in [0.29, 0.717) is 56.1 Å². The molecule has 1 aromatic carbocycles. The quantitative estimate of drug-likeness (QED) is 0.458. The van der Waals surface area contributed by atoms with Gasteiger partial charge in [0.05, 0.1) is 24.2 Å². The molecule has 4 heterocycles. The number of fused-ring (bicyclic) bond motifs is 1. The van der Waals surface area contributed by atoms with Crippen LogP contribution in [0.1, 0.15) is 44.9 Å². The highest BCUT2D eigenvalue weighted by molar-refractivity contribution is 5.84. The number of amides is 1. The number of ether oxygens (including phenoxy) is 1. The van der Waals surface area contributed by atoms with Gasteiger partial charge in [-0.25, -0.2) is 13.8 Å². The Morgan fingerprint density at radius 2 is 1.89 bits per heavy atom. The molecule has 0 saturated carbocycles. The molecule has 1 amide bonds. The minimum absolute atomic E-state index is 0.00687. The number of para-hydroxylation sites is 2. The van der Waals surface area contributed by atoms with Crippen LogP contribution in [0.25, 0.3) is 16.9 Å². The number of aliphatic hydroxyl groups excluding tert-OH is 1. The fraction of sp³-hybridized carbons (Fsp3) is 0.538. The van der Waals surface area contributed by atoms with Crippen molar-refractivity contribution in [2.75, 3.05) is 49.7 Å². The van der Waals surface area contributed by atoms with Gasteiger partial charge in [0.15, 0.2) is 5.82 Å². The van der Waals surface area contributed by atoms with Crippen molar-refractivity contribution in [1.82, 2.24) is 24.4 Å². The van der Waals surface area contributed by atoms with E-state index in [2.05, 4.69) is 20.3 Å². The van der Waals surface area contributed by atoms with Crippen molar-refractivity contribution in [1.29, 1.82) is 0 Å². The Labute approximate surface area is 219 Å². The summed E-state index contributed by atoms with van der Waals surface area (Å²) in [6, 6.07) is 7.93. The van der Waals surface area contributed by atoms with Crippen LogP contribution >= 0.6 is 0 Å². The summed E-state index contributed by atoms with van der Waals surface area (Å²) in [5.41, 5.74) is 0.942. The van der Waals surface area contributed by atoms with Gasteiger partial charge in [0.1, 0.15) is 17.7 Å². The van der Waals surface area contributed by atoms with Crippen LogP contribution in [0.2, 0.25) is 0 Å². The number of aromatic nitrogens is 4. The minimum Gasteiger partial charge on any atom is -0.396 e. The van der Waals surface area contributed by atoms with Gasteiger partial charge in [-0.15, -0.1) is 0 Å². The molecule has 2 saturated heterocycles. The van der Waals surface area contributed by atoms with Crippen molar-refractivity contribution in [3.8, 4) is 5.82 Å². The summed E-state index contributed by atoms with van der Waals surface area (Å²) in [7, 11) is 0. The van der Waals surface area contributed by atoms with E-state index in [1.807, 2.05) is 9.80 Å². The largest absolute Gasteiger partial charge is 0.396 e. The van der Waals surface area contributed by atoms with Crippen LogP contribution in [0.5, 0.6) is 0 Å². The Hall–Kier alpha value is -3.38. The van der Waals surface area contributed by atoms with Gasteiger partial charge in [0.2, 0.25) is 11.9 Å². The van der Waals surface area contributed by atoms with Crippen LogP contribution in [0, 0.1) is 0 Å². The first kappa shape index (κ1) is 26.2. The fourth-order valence-electron chi connectivity index (χ4n) is 5.23. The SMILES string of the molecule is C[C@H](Nc1nc(N2CCOCC2)cc(-n2c(C(F)F)nc3ccccc32)n1)C(=O)N1CCCCC1CCO. The summed E-state index contributed by atoms with van der Waals surface area (Å²) in [5, 5.41) is 12.6. The molecule has 1 unspecified atom stereocenters. The molecule has 10 nitrogen and oxygen atoms in total. The Bertz CT molecular complexity index is 1260. The number of likely N-dealkylation sites (tertiary alicyclic amines) is 1. The number of benzene rings is 1. The smallest absolute Gasteiger partial charge is 0.296 e. The number of nitrogens with zero attached hydrogens (tertiary/aromatic N) is 6. The number of carbonyl (C=O) groups is 1. The third-order valence-corrected chi connectivity index (χ3v) is 7.13. The van der Waals surface area contributed by atoms with Crippen LogP contribution in [-0.2, 0) is 9.53 Å². The highest BCUT2D eigenvalue weighted by Gasteiger charge is 2.30. The molecule has 0 bridgehead atoms. The number of hydrogen-bond acceptors (Lipinski definition) is 8. The van der Waals surface area contributed by atoms with E-state index >= 15 is 0 Å². The number of nitrogens with one attached hydrogen (secondary N) is 1. The number of hydrogen-bond donors (Lipinski definition) is 2. The molecule has 0 radical (unpaired) electrons. The average Bonchev–Trinajstić information content (AvgIpc) is 3.34. The summed E-state index contributed by atoms with van der Waals surface area (Å²) in [4.78, 5) is 30.6. The maximum Gasteiger partial charge on any atom is 0.296 e. The normalized spacial score (nSPS) is 19.2. The molecule has 0 spiro atoms. The molecule has 2 aromatic heterocycles. The first-order valence-electron chi connectivity index (χ1n) is 13.1. The molecule has 2 aliphatic heterocycles. The average molecular weight is 530 g/mol. The Kier molecular flexibility index (Phi) is 7.98. The number of imidazole rings is 1. The van der Waals surface area contributed by atoms with Gasteiger partial charge in [0.25, 0.3) is 6.43 Å². The Morgan fingerprint density at radius 1 is 1.13 bits per heavy atom. The molecule has 3 aromatic rings. The zero-order valence-electron chi connectivity index (χ0n) is 21.4. The van der Waals surface area contributed by atoms with Crippen LogP contribution in [-0.4, -0.2) is 87.0 Å². The Morgan fingerprint density at radius 3 is 2.66 bits per heavy atom. The van der Waals surface area contributed by atoms with Gasteiger partial charge < -0.3 is 25.0 Å². The number of rotatable bonds is 8. The molecule has 5 rings (SSSR count). The summed E-state index contributed by atoms with van der Waals surface area (Å²) < 4.78 is 35.0. The van der Waals surface area contributed by atoms with Crippen molar-refractivity contribution < 1.29 is 23.4 Å². The number of halogens is 2. The second-order valence-electron chi connectivity index (χ2n) is 9.66. The van der Waals surface area contributed by atoms with Crippen LogP contribution in [0.4, 0.5) is 20.5 Å². The molecule has 2 N–H and O–H groups in total. The lowest BCUT2D eigenvalue weighted by molar-refractivity contribution is -0.135. The molecule has 2 fully saturated rings. The number of aliphatic hydroxyl groups is 1. The molecule has 12 heteroatoms. The Balaban J connectivity index is 1.51. The van der Waals surface area contributed by atoms with Crippen molar-refractivity contribution in [3.05, 3.63) is 36.2 Å². The fourth-order valence-corrected chi connectivity index (χ4v) is 5.23. The third kappa shape index (κ3) is 5.41. The lowest BCUT2D eigenvalue weighted by atomic mass is 9.99. The molecule has 2 atom stereocenters. The van der Waals surface area contributed by atoms with Gasteiger partial charge in [0, 0.05) is 38.3 Å². The zero-order valence-corrected chi connectivity index (χ0v) is 21.4. The second kappa shape index (κ2) is 11.6. The summed E-state index contributed by atoms with van der Waals surface area (Å²) in [6.07, 6.45) is 0.517. The lowest BCUT2D eigenvalue weighted by Crippen LogP contribution is -2.49. The summed E-state index contributed by atoms with van der Waals surface area (Å²) >= 11 is 0. The zero-order chi connectivity index (χ0) is 26.6. The number of morpholine rings is 1.